The maximum Gasteiger partial charge on any atom is 0.144 e. The van der Waals surface area contributed by atoms with Crippen molar-refractivity contribution in [3.8, 4) is 5.75 Å². The first-order valence-electron chi connectivity index (χ1n) is 6.23. The average Bonchev–Trinajstić information content (AvgIpc) is 2.87. The number of ether oxygens (including phenoxy) is 2. The second kappa shape index (κ2) is 5.48. The van der Waals surface area contributed by atoms with Gasteiger partial charge in [0.25, 0.3) is 0 Å². The molecule has 1 aliphatic heterocycles. The van der Waals surface area contributed by atoms with Crippen molar-refractivity contribution in [1.29, 1.82) is 0 Å². The molecule has 1 aromatic rings. The van der Waals surface area contributed by atoms with Crippen molar-refractivity contribution in [1.82, 2.24) is 4.98 Å². The SMILES string of the molecule is COc1c(C)cnc(CC(=O)C2CCOC2)c1C. The Bertz CT molecular complexity index is 451. The lowest BCUT2D eigenvalue weighted by Gasteiger charge is -2.13. The van der Waals surface area contributed by atoms with E-state index in [1.807, 2.05) is 13.8 Å². The van der Waals surface area contributed by atoms with Gasteiger partial charge < -0.3 is 9.47 Å². The molecule has 0 spiro atoms. The Morgan fingerprint density at radius 2 is 2.33 bits per heavy atom. The molecule has 1 unspecified atom stereocenters. The first-order chi connectivity index (χ1) is 8.63. The third kappa shape index (κ3) is 2.53. The van der Waals surface area contributed by atoms with Gasteiger partial charge in [-0.25, -0.2) is 0 Å². The van der Waals surface area contributed by atoms with Gasteiger partial charge in [0.15, 0.2) is 0 Å². The standard InChI is InChI=1S/C14H19NO3/c1-9-7-15-12(10(2)14(9)17-3)6-13(16)11-4-5-18-8-11/h7,11H,4-6,8H2,1-3H3. The van der Waals surface area contributed by atoms with Crippen LogP contribution in [-0.4, -0.2) is 31.1 Å². The second-order valence-corrected chi connectivity index (χ2v) is 4.75. The van der Waals surface area contributed by atoms with Crippen LogP contribution in [0, 0.1) is 19.8 Å². The first kappa shape index (κ1) is 13.0. The summed E-state index contributed by atoms with van der Waals surface area (Å²) in [7, 11) is 1.64. The third-order valence-electron chi connectivity index (χ3n) is 3.48. The molecule has 1 atom stereocenters. The summed E-state index contributed by atoms with van der Waals surface area (Å²) in [6, 6.07) is 0. The van der Waals surface area contributed by atoms with Crippen molar-refractivity contribution in [2.75, 3.05) is 20.3 Å². The van der Waals surface area contributed by atoms with Crippen LogP contribution in [0.1, 0.15) is 23.2 Å². The average molecular weight is 249 g/mol. The number of pyridine rings is 1. The number of Topliss-reactive ketones (excluding diaryl/α,β-unsaturated/α-hetero) is 1. The number of hydrogen-bond donors (Lipinski definition) is 0. The van der Waals surface area contributed by atoms with Crippen molar-refractivity contribution < 1.29 is 14.3 Å². The molecule has 4 heteroatoms. The molecule has 0 saturated carbocycles. The van der Waals surface area contributed by atoms with E-state index in [0.29, 0.717) is 19.6 Å². The van der Waals surface area contributed by atoms with E-state index >= 15 is 0 Å². The molecule has 1 fully saturated rings. The van der Waals surface area contributed by atoms with Crippen LogP contribution in [0.2, 0.25) is 0 Å². The predicted molar refractivity (Wildman–Crippen MR) is 67.9 cm³/mol. The van der Waals surface area contributed by atoms with E-state index in [4.69, 9.17) is 9.47 Å². The highest BCUT2D eigenvalue weighted by atomic mass is 16.5. The lowest BCUT2D eigenvalue weighted by Crippen LogP contribution is -2.18. The van der Waals surface area contributed by atoms with Gasteiger partial charge in [-0.1, -0.05) is 0 Å². The summed E-state index contributed by atoms with van der Waals surface area (Å²) in [5.74, 6) is 1.09. The molecule has 2 rings (SSSR count). The summed E-state index contributed by atoms with van der Waals surface area (Å²) in [4.78, 5) is 16.4. The quantitative estimate of drug-likeness (QED) is 0.817. The van der Waals surface area contributed by atoms with Gasteiger partial charge in [0, 0.05) is 36.3 Å². The molecule has 4 nitrogen and oxygen atoms in total. The van der Waals surface area contributed by atoms with Crippen molar-refractivity contribution in [3.05, 3.63) is 23.0 Å². The molecule has 0 aliphatic carbocycles. The first-order valence-corrected chi connectivity index (χ1v) is 6.23. The molecule has 1 aromatic heterocycles. The third-order valence-corrected chi connectivity index (χ3v) is 3.48. The molecule has 0 N–H and O–H groups in total. The minimum absolute atomic E-state index is 0.0403. The lowest BCUT2D eigenvalue weighted by atomic mass is 9.97. The maximum atomic E-state index is 12.1. The molecule has 0 bridgehead atoms. The summed E-state index contributed by atoms with van der Waals surface area (Å²) in [5.41, 5.74) is 2.77. The van der Waals surface area contributed by atoms with E-state index in [9.17, 15) is 4.79 Å². The van der Waals surface area contributed by atoms with Crippen LogP contribution in [0.3, 0.4) is 0 Å². The lowest BCUT2D eigenvalue weighted by molar-refractivity contribution is -0.122. The van der Waals surface area contributed by atoms with E-state index in [1.165, 1.54) is 0 Å². The summed E-state index contributed by atoms with van der Waals surface area (Å²) in [6.07, 6.45) is 2.97. The van der Waals surface area contributed by atoms with Gasteiger partial charge in [-0.3, -0.25) is 9.78 Å². The largest absolute Gasteiger partial charge is 0.496 e. The Morgan fingerprint density at radius 1 is 1.56 bits per heavy atom. The van der Waals surface area contributed by atoms with Crippen molar-refractivity contribution in [2.45, 2.75) is 26.7 Å². The number of rotatable bonds is 4. The van der Waals surface area contributed by atoms with E-state index < -0.39 is 0 Å². The fraction of sp³-hybridized carbons (Fsp3) is 0.571. The van der Waals surface area contributed by atoms with Crippen LogP contribution in [-0.2, 0) is 16.0 Å². The van der Waals surface area contributed by atoms with Crippen LogP contribution < -0.4 is 4.74 Å². The number of hydrogen-bond acceptors (Lipinski definition) is 4. The minimum atomic E-state index is 0.0403. The number of aromatic nitrogens is 1. The van der Waals surface area contributed by atoms with Gasteiger partial charge in [0.2, 0.25) is 0 Å². The zero-order chi connectivity index (χ0) is 13.1. The highest BCUT2D eigenvalue weighted by Crippen LogP contribution is 2.25. The Balaban J connectivity index is 2.16. The highest BCUT2D eigenvalue weighted by Gasteiger charge is 2.24. The molecule has 18 heavy (non-hydrogen) atoms. The summed E-state index contributed by atoms with van der Waals surface area (Å²) < 4.78 is 10.6. The van der Waals surface area contributed by atoms with E-state index in [-0.39, 0.29) is 11.7 Å². The topological polar surface area (TPSA) is 48.4 Å². The van der Waals surface area contributed by atoms with Crippen LogP contribution in [0.5, 0.6) is 5.75 Å². The number of carbonyl (C=O) groups is 1. The van der Waals surface area contributed by atoms with Crippen molar-refractivity contribution in [2.24, 2.45) is 5.92 Å². The fourth-order valence-electron chi connectivity index (χ4n) is 2.35. The summed E-state index contributed by atoms with van der Waals surface area (Å²) in [6.45, 7) is 5.16. The van der Waals surface area contributed by atoms with Crippen molar-refractivity contribution >= 4 is 5.78 Å². The van der Waals surface area contributed by atoms with Crippen LogP contribution in [0.25, 0.3) is 0 Å². The number of aryl methyl sites for hydroxylation is 1. The Kier molecular flexibility index (Phi) is 3.97. The monoisotopic (exact) mass is 249 g/mol. The van der Waals surface area contributed by atoms with Crippen LogP contribution in [0.4, 0.5) is 0 Å². The van der Waals surface area contributed by atoms with E-state index in [1.54, 1.807) is 13.3 Å². The van der Waals surface area contributed by atoms with Crippen molar-refractivity contribution in [3.63, 3.8) is 0 Å². The van der Waals surface area contributed by atoms with Gasteiger partial charge in [0.1, 0.15) is 11.5 Å². The van der Waals surface area contributed by atoms with Crippen LogP contribution in [0.15, 0.2) is 6.20 Å². The zero-order valence-corrected chi connectivity index (χ0v) is 11.2. The zero-order valence-electron chi connectivity index (χ0n) is 11.2. The number of nitrogens with zero attached hydrogens (tertiary/aromatic N) is 1. The second-order valence-electron chi connectivity index (χ2n) is 4.75. The minimum Gasteiger partial charge on any atom is -0.496 e. The van der Waals surface area contributed by atoms with E-state index in [2.05, 4.69) is 4.98 Å². The van der Waals surface area contributed by atoms with Crippen LogP contribution >= 0.6 is 0 Å². The molecule has 2 heterocycles. The van der Waals surface area contributed by atoms with Gasteiger partial charge in [-0.2, -0.15) is 0 Å². The Labute approximate surface area is 107 Å². The molecule has 0 aromatic carbocycles. The predicted octanol–water partition coefficient (Wildman–Crippen LogP) is 1.86. The van der Waals surface area contributed by atoms with Gasteiger partial charge in [-0.05, 0) is 20.3 Å². The van der Waals surface area contributed by atoms with Gasteiger partial charge >= 0.3 is 0 Å². The smallest absolute Gasteiger partial charge is 0.144 e. The Morgan fingerprint density at radius 3 is 2.94 bits per heavy atom. The molecular formula is C14H19NO3. The molecule has 98 valence electrons. The van der Waals surface area contributed by atoms with Gasteiger partial charge in [-0.15, -0.1) is 0 Å². The normalized spacial score (nSPS) is 18.9. The maximum absolute atomic E-state index is 12.1. The molecule has 1 saturated heterocycles. The molecular weight excluding hydrogens is 230 g/mol. The Hall–Kier alpha value is -1.42. The fourth-order valence-corrected chi connectivity index (χ4v) is 2.35. The van der Waals surface area contributed by atoms with Gasteiger partial charge in [0.05, 0.1) is 19.4 Å². The molecule has 0 radical (unpaired) electrons. The van der Waals surface area contributed by atoms with E-state index in [0.717, 1.165) is 29.0 Å². The number of carbonyl (C=O) groups excluding carboxylic acids is 1. The summed E-state index contributed by atoms with van der Waals surface area (Å²) in [5, 5.41) is 0. The molecule has 1 aliphatic rings. The number of methoxy groups -OCH3 is 1. The summed E-state index contributed by atoms with van der Waals surface area (Å²) >= 11 is 0. The number of ketones is 1. The highest BCUT2D eigenvalue weighted by molar-refractivity contribution is 5.83. The molecule has 0 amide bonds.